The molecule has 0 saturated heterocycles. The van der Waals surface area contributed by atoms with Crippen LogP contribution in [0.3, 0.4) is 0 Å². The second kappa shape index (κ2) is 7.14. The molecule has 0 bridgehead atoms. The fraction of sp³-hybridized carbons (Fsp3) is 0.143. The maximum atomic E-state index is 12.3. The van der Waals surface area contributed by atoms with Crippen LogP contribution in [0.2, 0.25) is 0 Å². The highest BCUT2D eigenvalue weighted by Crippen LogP contribution is 2.22. The molecule has 2 aromatic heterocycles. The zero-order valence-corrected chi connectivity index (χ0v) is 15.2. The van der Waals surface area contributed by atoms with Crippen molar-refractivity contribution in [3.05, 3.63) is 83.6 Å². The van der Waals surface area contributed by atoms with Gasteiger partial charge in [0.05, 0.1) is 18.2 Å². The van der Waals surface area contributed by atoms with Crippen molar-refractivity contribution in [3.63, 3.8) is 0 Å². The number of amides is 1. The lowest BCUT2D eigenvalue weighted by Crippen LogP contribution is -2.28. The van der Waals surface area contributed by atoms with Crippen LogP contribution in [0.5, 0.6) is 0 Å². The Balaban J connectivity index is 1.40. The van der Waals surface area contributed by atoms with Gasteiger partial charge in [0.2, 0.25) is 5.91 Å². The number of thiazole rings is 1. The van der Waals surface area contributed by atoms with Crippen LogP contribution in [0.1, 0.15) is 24.2 Å². The first-order valence-corrected chi connectivity index (χ1v) is 9.43. The number of rotatable bonds is 5. The normalized spacial score (nSPS) is 12.2. The van der Waals surface area contributed by atoms with Crippen molar-refractivity contribution in [2.24, 2.45) is 0 Å². The number of fused-ring (bicyclic) bond motifs is 1. The molecule has 0 aliphatic carbocycles. The quantitative estimate of drug-likeness (QED) is 0.569. The molecule has 5 heteroatoms. The molecule has 4 aromatic rings. The molecule has 0 spiro atoms. The highest BCUT2D eigenvalue weighted by molar-refractivity contribution is 7.15. The van der Waals surface area contributed by atoms with E-state index in [0.29, 0.717) is 6.42 Å². The minimum Gasteiger partial charge on any atom is -0.349 e. The Morgan fingerprint density at radius 2 is 1.85 bits per heavy atom. The lowest BCUT2D eigenvalue weighted by molar-refractivity contribution is -0.121. The highest BCUT2D eigenvalue weighted by atomic mass is 32.1. The van der Waals surface area contributed by atoms with Gasteiger partial charge in [0.15, 0.2) is 4.96 Å². The Kier molecular flexibility index (Phi) is 4.54. The molecular weight excluding hydrogens is 342 g/mol. The molecule has 1 N–H and O–H groups in total. The monoisotopic (exact) mass is 361 g/mol. The van der Waals surface area contributed by atoms with Crippen LogP contribution >= 0.6 is 11.3 Å². The molecule has 4 nitrogen and oxygen atoms in total. The van der Waals surface area contributed by atoms with Gasteiger partial charge in [-0.25, -0.2) is 4.98 Å². The maximum Gasteiger partial charge on any atom is 0.226 e. The van der Waals surface area contributed by atoms with Crippen LogP contribution in [0, 0.1) is 0 Å². The third-order valence-corrected chi connectivity index (χ3v) is 5.15. The van der Waals surface area contributed by atoms with Gasteiger partial charge in [-0.2, -0.15) is 0 Å². The van der Waals surface area contributed by atoms with E-state index in [-0.39, 0.29) is 11.9 Å². The summed E-state index contributed by atoms with van der Waals surface area (Å²) in [7, 11) is 0. The predicted molar refractivity (Wildman–Crippen MR) is 105 cm³/mol. The van der Waals surface area contributed by atoms with Gasteiger partial charge < -0.3 is 5.32 Å². The smallest absolute Gasteiger partial charge is 0.226 e. The van der Waals surface area contributed by atoms with Gasteiger partial charge >= 0.3 is 0 Å². The topological polar surface area (TPSA) is 46.4 Å². The average molecular weight is 361 g/mol. The number of carbonyl (C=O) groups is 1. The molecule has 0 aliphatic rings. The van der Waals surface area contributed by atoms with Gasteiger partial charge in [-0.1, -0.05) is 54.6 Å². The van der Waals surface area contributed by atoms with Gasteiger partial charge in [-0.15, -0.1) is 11.3 Å². The first-order chi connectivity index (χ1) is 12.7. The van der Waals surface area contributed by atoms with Crippen molar-refractivity contribution in [3.8, 4) is 11.1 Å². The fourth-order valence-corrected chi connectivity index (χ4v) is 3.72. The SMILES string of the molecule is CC(NC(=O)Cc1cn2ccsc2n1)c1ccc(-c2ccccc2)cc1. The number of hydrogen-bond donors (Lipinski definition) is 1. The lowest BCUT2D eigenvalue weighted by atomic mass is 10.0. The van der Waals surface area contributed by atoms with Crippen LogP contribution < -0.4 is 5.32 Å². The third-order valence-electron chi connectivity index (χ3n) is 4.38. The summed E-state index contributed by atoms with van der Waals surface area (Å²) in [5, 5.41) is 5.04. The standard InChI is InChI=1S/C21H19N3OS/c1-15(16-7-9-18(10-8-16)17-5-3-2-4-6-17)22-20(25)13-19-14-24-11-12-26-21(24)23-19/h2-12,14-15H,13H2,1H3,(H,22,25). The molecule has 0 aliphatic heterocycles. The van der Waals surface area contributed by atoms with Crippen LogP contribution in [0.4, 0.5) is 0 Å². The second-order valence-electron chi connectivity index (χ2n) is 6.28. The van der Waals surface area contributed by atoms with Crippen molar-refractivity contribution in [1.82, 2.24) is 14.7 Å². The Morgan fingerprint density at radius 1 is 1.12 bits per heavy atom. The molecule has 1 unspecified atom stereocenters. The summed E-state index contributed by atoms with van der Waals surface area (Å²) in [6.07, 6.45) is 4.15. The molecule has 0 radical (unpaired) electrons. The minimum absolute atomic E-state index is 0.0182. The molecule has 130 valence electrons. The predicted octanol–water partition coefficient (Wildman–Crippen LogP) is 4.48. The summed E-state index contributed by atoms with van der Waals surface area (Å²) in [5.74, 6) is -0.0182. The summed E-state index contributed by atoms with van der Waals surface area (Å²) < 4.78 is 1.94. The maximum absolute atomic E-state index is 12.3. The Bertz CT molecular complexity index is 990. The second-order valence-corrected chi connectivity index (χ2v) is 7.15. The molecule has 4 rings (SSSR count). The number of benzene rings is 2. The van der Waals surface area contributed by atoms with E-state index in [1.165, 1.54) is 11.1 Å². The van der Waals surface area contributed by atoms with Crippen LogP contribution in [-0.4, -0.2) is 15.3 Å². The van der Waals surface area contributed by atoms with Gasteiger partial charge in [-0.3, -0.25) is 9.20 Å². The minimum atomic E-state index is -0.0453. The number of carbonyl (C=O) groups excluding carboxylic acids is 1. The first-order valence-electron chi connectivity index (χ1n) is 8.55. The van der Waals surface area contributed by atoms with Crippen molar-refractivity contribution in [2.75, 3.05) is 0 Å². The highest BCUT2D eigenvalue weighted by Gasteiger charge is 2.12. The zero-order chi connectivity index (χ0) is 17.9. The fourth-order valence-electron chi connectivity index (χ4n) is 3.00. The summed E-state index contributed by atoms with van der Waals surface area (Å²) in [5.41, 5.74) is 4.24. The van der Waals surface area contributed by atoms with Gasteiger partial charge in [0.1, 0.15) is 0 Å². The van der Waals surface area contributed by atoms with E-state index in [0.717, 1.165) is 16.2 Å². The molecule has 1 atom stereocenters. The summed E-state index contributed by atoms with van der Waals surface area (Å²) in [4.78, 5) is 17.7. The largest absolute Gasteiger partial charge is 0.349 e. The average Bonchev–Trinajstić information content (AvgIpc) is 3.24. The lowest BCUT2D eigenvalue weighted by Gasteiger charge is -2.14. The van der Waals surface area contributed by atoms with E-state index in [9.17, 15) is 4.79 Å². The van der Waals surface area contributed by atoms with E-state index in [1.807, 2.05) is 47.3 Å². The molecule has 0 saturated carbocycles. The van der Waals surface area contributed by atoms with E-state index < -0.39 is 0 Å². The van der Waals surface area contributed by atoms with Crippen LogP contribution in [-0.2, 0) is 11.2 Å². The molecule has 26 heavy (non-hydrogen) atoms. The van der Waals surface area contributed by atoms with Gasteiger partial charge in [-0.05, 0) is 23.6 Å². The summed E-state index contributed by atoms with van der Waals surface area (Å²) in [6, 6.07) is 18.5. The molecule has 0 fully saturated rings. The zero-order valence-electron chi connectivity index (χ0n) is 14.4. The van der Waals surface area contributed by atoms with Gasteiger partial charge in [0.25, 0.3) is 0 Å². The summed E-state index contributed by atoms with van der Waals surface area (Å²) in [6.45, 7) is 2.00. The van der Waals surface area contributed by atoms with E-state index in [2.05, 4.69) is 46.7 Å². The van der Waals surface area contributed by atoms with Crippen molar-refractivity contribution >= 4 is 22.2 Å². The first kappa shape index (κ1) is 16.5. The molecular formula is C21H19N3OS. The number of nitrogens with one attached hydrogen (secondary N) is 1. The molecule has 1 amide bonds. The Hall–Kier alpha value is -2.92. The van der Waals surface area contributed by atoms with Crippen molar-refractivity contribution < 1.29 is 4.79 Å². The number of aromatic nitrogens is 2. The Morgan fingerprint density at radius 3 is 2.58 bits per heavy atom. The number of nitrogens with zero attached hydrogens (tertiary/aromatic N) is 2. The van der Waals surface area contributed by atoms with Crippen LogP contribution in [0.25, 0.3) is 16.1 Å². The van der Waals surface area contributed by atoms with Gasteiger partial charge in [0, 0.05) is 17.8 Å². The van der Waals surface area contributed by atoms with Crippen LogP contribution in [0.15, 0.2) is 72.4 Å². The third kappa shape index (κ3) is 3.53. The number of imidazole rings is 1. The van der Waals surface area contributed by atoms with Crippen molar-refractivity contribution in [1.29, 1.82) is 0 Å². The molecule has 2 heterocycles. The van der Waals surface area contributed by atoms with E-state index in [1.54, 1.807) is 11.3 Å². The Labute approximate surface area is 156 Å². The summed E-state index contributed by atoms with van der Waals surface area (Å²) >= 11 is 1.57. The molecule has 2 aromatic carbocycles. The van der Waals surface area contributed by atoms with E-state index >= 15 is 0 Å². The van der Waals surface area contributed by atoms with E-state index in [4.69, 9.17) is 0 Å². The number of hydrogen-bond acceptors (Lipinski definition) is 3. The van der Waals surface area contributed by atoms with Crippen molar-refractivity contribution in [2.45, 2.75) is 19.4 Å².